The summed E-state index contributed by atoms with van der Waals surface area (Å²) < 4.78 is 5.32. The Balaban J connectivity index is 2.29. The molecule has 0 aliphatic carbocycles. The van der Waals surface area contributed by atoms with Crippen LogP contribution in [0.1, 0.15) is 5.56 Å². The van der Waals surface area contributed by atoms with E-state index in [1.807, 2.05) is 12.1 Å². The lowest BCUT2D eigenvalue weighted by Gasteiger charge is -2.30. The zero-order chi connectivity index (χ0) is 10.7. The van der Waals surface area contributed by atoms with Crippen LogP contribution in [0, 0.1) is 0 Å². The highest BCUT2D eigenvalue weighted by Gasteiger charge is 2.15. The summed E-state index contributed by atoms with van der Waals surface area (Å²) in [5, 5.41) is 0.744. The van der Waals surface area contributed by atoms with Crippen LogP contribution in [0.25, 0.3) is 0 Å². The summed E-state index contributed by atoms with van der Waals surface area (Å²) in [6.07, 6.45) is 0. The molecular formula is C11H13Cl2NO. The smallest absolute Gasteiger partial charge is 0.0642 e. The number of ether oxygens (including phenoxy) is 1. The maximum absolute atomic E-state index is 6.11. The molecule has 0 atom stereocenters. The first-order valence-corrected chi connectivity index (χ1v) is 5.90. The normalized spacial score (nSPS) is 16.8. The van der Waals surface area contributed by atoms with Gasteiger partial charge in [-0.3, -0.25) is 0 Å². The summed E-state index contributed by atoms with van der Waals surface area (Å²) in [6.45, 7) is 3.36. The number of rotatable bonds is 2. The van der Waals surface area contributed by atoms with Crippen LogP contribution in [0.3, 0.4) is 0 Å². The van der Waals surface area contributed by atoms with E-state index in [1.165, 1.54) is 0 Å². The van der Waals surface area contributed by atoms with E-state index in [2.05, 4.69) is 11.0 Å². The fraction of sp³-hybridized carbons (Fsp3) is 0.455. The molecule has 2 nitrogen and oxygen atoms in total. The summed E-state index contributed by atoms with van der Waals surface area (Å²) in [5.74, 6) is 0.451. The van der Waals surface area contributed by atoms with Gasteiger partial charge >= 0.3 is 0 Å². The first kappa shape index (κ1) is 11.1. The molecule has 2 rings (SSSR count). The highest BCUT2D eigenvalue weighted by atomic mass is 35.5. The van der Waals surface area contributed by atoms with Crippen molar-refractivity contribution in [3.05, 3.63) is 28.8 Å². The van der Waals surface area contributed by atoms with Gasteiger partial charge in [-0.1, -0.05) is 17.7 Å². The summed E-state index contributed by atoms with van der Waals surface area (Å²) in [4.78, 5) is 2.27. The van der Waals surface area contributed by atoms with E-state index in [0.717, 1.165) is 42.6 Å². The van der Waals surface area contributed by atoms with Crippen molar-refractivity contribution in [2.75, 3.05) is 31.2 Å². The Morgan fingerprint density at radius 2 is 2.00 bits per heavy atom. The van der Waals surface area contributed by atoms with Gasteiger partial charge in [0.2, 0.25) is 0 Å². The largest absolute Gasteiger partial charge is 0.378 e. The molecule has 1 aromatic rings. The van der Waals surface area contributed by atoms with Crippen LogP contribution >= 0.6 is 23.2 Å². The molecule has 1 fully saturated rings. The molecule has 15 heavy (non-hydrogen) atoms. The van der Waals surface area contributed by atoms with Crippen molar-refractivity contribution < 1.29 is 4.74 Å². The fourth-order valence-electron chi connectivity index (χ4n) is 1.78. The van der Waals surface area contributed by atoms with Crippen LogP contribution in [0.4, 0.5) is 5.69 Å². The highest BCUT2D eigenvalue weighted by Crippen LogP contribution is 2.29. The van der Waals surface area contributed by atoms with E-state index in [9.17, 15) is 0 Å². The average molecular weight is 246 g/mol. The molecule has 0 unspecified atom stereocenters. The van der Waals surface area contributed by atoms with Crippen LogP contribution < -0.4 is 4.90 Å². The lowest BCUT2D eigenvalue weighted by atomic mass is 10.1. The number of morpholine rings is 1. The van der Waals surface area contributed by atoms with Gasteiger partial charge in [0, 0.05) is 29.4 Å². The van der Waals surface area contributed by atoms with Crippen LogP contribution in [0.2, 0.25) is 5.02 Å². The van der Waals surface area contributed by atoms with E-state index in [0.29, 0.717) is 5.88 Å². The van der Waals surface area contributed by atoms with Gasteiger partial charge < -0.3 is 9.64 Å². The number of hydrogen-bond donors (Lipinski definition) is 0. The van der Waals surface area contributed by atoms with Gasteiger partial charge in [-0.05, 0) is 12.1 Å². The summed E-state index contributed by atoms with van der Waals surface area (Å²) in [6, 6.07) is 5.90. The zero-order valence-corrected chi connectivity index (χ0v) is 9.89. The van der Waals surface area contributed by atoms with Crippen LogP contribution in [0.15, 0.2) is 18.2 Å². The van der Waals surface area contributed by atoms with Gasteiger partial charge in [-0.25, -0.2) is 0 Å². The minimum absolute atomic E-state index is 0.451. The van der Waals surface area contributed by atoms with E-state index >= 15 is 0 Å². The fourth-order valence-corrected chi connectivity index (χ4v) is 2.37. The number of halogens is 2. The Hall–Kier alpha value is -0.440. The van der Waals surface area contributed by atoms with E-state index in [1.54, 1.807) is 0 Å². The van der Waals surface area contributed by atoms with Gasteiger partial charge in [0.25, 0.3) is 0 Å². The summed E-state index contributed by atoms with van der Waals surface area (Å²) in [5.41, 5.74) is 2.16. The zero-order valence-electron chi connectivity index (χ0n) is 8.38. The van der Waals surface area contributed by atoms with Gasteiger partial charge in [0.1, 0.15) is 0 Å². The molecule has 0 N–H and O–H groups in total. The molecule has 0 radical (unpaired) electrons. The molecule has 1 aromatic carbocycles. The number of nitrogens with zero attached hydrogens (tertiary/aromatic N) is 1. The Morgan fingerprint density at radius 1 is 1.27 bits per heavy atom. The molecule has 4 heteroatoms. The topological polar surface area (TPSA) is 12.5 Å². The van der Waals surface area contributed by atoms with Gasteiger partial charge in [-0.2, -0.15) is 0 Å². The molecule has 1 aliphatic heterocycles. The lowest BCUT2D eigenvalue weighted by Crippen LogP contribution is -2.36. The van der Waals surface area contributed by atoms with Crippen LogP contribution in [-0.2, 0) is 10.6 Å². The van der Waals surface area contributed by atoms with Crippen LogP contribution in [-0.4, -0.2) is 26.3 Å². The predicted molar refractivity (Wildman–Crippen MR) is 64.0 cm³/mol. The standard InChI is InChI=1S/C11H13Cl2NO/c12-8-9-10(13)2-1-3-11(9)14-4-6-15-7-5-14/h1-3H,4-8H2. The van der Waals surface area contributed by atoms with Crippen molar-refractivity contribution in [2.45, 2.75) is 5.88 Å². The van der Waals surface area contributed by atoms with Crippen molar-refractivity contribution in [3.8, 4) is 0 Å². The Labute approximate surface area is 99.7 Å². The lowest BCUT2D eigenvalue weighted by molar-refractivity contribution is 0.122. The first-order valence-electron chi connectivity index (χ1n) is 4.99. The molecule has 1 heterocycles. The quantitative estimate of drug-likeness (QED) is 0.744. The predicted octanol–water partition coefficient (Wildman–Crippen LogP) is 2.92. The van der Waals surface area contributed by atoms with Crippen molar-refractivity contribution >= 4 is 28.9 Å². The second-order valence-corrected chi connectivity index (χ2v) is 4.15. The van der Waals surface area contributed by atoms with Crippen molar-refractivity contribution in [1.82, 2.24) is 0 Å². The molecule has 82 valence electrons. The molecule has 0 aromatic heterocycles. The third kappa shape index (κ3) is 2.39. The van der Waals surface area contributed by atoms with E-state index in [-0.39, 0.29) is 0 Å². The van der Waals surface area contributed by atoms with Gasteiger partial charge in [0.15, 0.2) is 0 Å². The average Bonchev–Trinajstić information content (AvgIpc) is 2.30. The van der Waals surface area contributed by atoms with Gasteiger partial charge in [-0.15, -0.1) is 11.6 Å². The Morgan fingerprint density at radius 3 is 2.67 bits per heavy atom. The molecule has 1 aliphatic rings. The number of alkyl halides is 1. The van der Waals surface area contributed by atoms with Crippen LogP contribution in [0.5, 0.6) is 0 Å². The Kier molecular flexibility index (Phi) is 3.73. The van der Waals surface area contributed by atoms with Crippen molar-refractivity contribution in [3.63, 3.8) is 0 Å². The summed E-state index contributed by atoms with van der Waals surface area (Å²) >= 11 is 12.0. The third-order valence-corrected chi connectivity index (χ3v) is 3.20. The maximum atomic E-state index is 6.11. The molecule has 0 spiro atoms. The first-order chi connectivity index (χ1) is 7.33. The van der Waals surface area contributed by atoms with E-state index in [4.69, 9.17) is 27.9 Å². The minimum Gasteiger partial charge on any atom is -0.378 e. The second kappa shape index (κ2) is 5.06. The monoisotopic (exact) mass is 245 g/mol. The number of anilines is 1. The Bertz CT molecular complexity index is 337. The second-order valence-electron chi connectivity index (χ2n) is 3.47. The molecule has 1 saturated heterocycles. The van der Waals surface area contributed by atoms with Gasteiger partial charge in [0.05, 0.1) is 19.1 Å². The van der Waals surface area contributed by atoms with Crippen molar-refractivity contribution in [1.29, 1.82) is 0 Å². The molecule has 0 bridgehead atoms. The molecule has 0 amide bonds. The third-order valence-electron chi connectivity index (χ3n) is 2.58. The number of hydrogen-bond acceptors (Lipinski definition) is 2. The maximum Gasteiger partial charge on any atom is 0.0642 e. The summed E-state index contributed by atoms with van der Waals surface area (Å²) in [7, 11) is 0. The highest BCUT2D eigenvalue weighted by molar-refractivity contribution is 6.32. The molecular weight excluding hydrogens is 233 g/mol. The SMILES string of the molecule is ClCc1c(Cl)cccc1N1CCOCC1. The number of benzene rings is 1. The minimum atomic E-state index is 0.451. The van der Waals surface area contributed by atoms with Crippen molar-refractivity contribution in [2.24, 2.45) is 0 Å². The van der Waals surface area contributed by atoms with E-state index < -0.39 is 0 Å². The molecule has 0 saturated carbocycles.